The van der Waals surface area contributed by atoms with E-state index in [0.717, 1.165) is 40.2 Å². The number of fused-ring (bicyclic) bond motifs is 1. The molecule has 0 aliphatic heterocycles. The number of carbonyl (C=O) groups is 1. The van der Waals surface area contributed by atoms with Crippen LogP contribution in [-0.2, 0) is 6.42 Å². The maximum atomic E-state index is 13.1. The van der Waals surface area contributed by atoms with Crippen molar-refractivity contribution in [2.45, 2.75) is 27.2 Å². The zero-order valence-corrected chi connectivity index (χ0v) is 19.1. The van der Waals surface area contributed by atoms with Crippen molar-refractivity contribution in [3.8, 4) is 11.4 Å². The van der Waals surface area contributed by atoms with Crippen molar-refractivity contribution in [2.24, 2.45) is 0 Å². The molecule has 2 aromatic carbocycles. The smallest absolute Gasteiger partial charge is 0.252 e. The van der Waals surface area contributed by atoms with Gasteiger partial charge in [0.1, 0.15) is 5.75 Å². The van der Waals surface area contributed by atoms with Crippen LogP contribution in [0.25, 0.3) is 16.7 Å². The summed E-state index contributed by atoms with van der Waals surface area (Å²) < 4.78 is 7.18. The molecule has 1 N–H and O–H groups in total. The van der Waals surface area contributed by atoms with Crippen LogP contribution in [0.1, 0.15) is 34.2 Å². The van der Waals surface area contributed by atoms with Gasteiger partial charge in [0.15, 0.2) is 5.65 Å². The standard InChI is InChI=1S/C25H25ClN4O2/c1-4-32-19-11-9-18(10-12-19)13-14-27-25(31)20-15-16(2)28-24-23(20)17(3)29-30(24)22-8-6-5-7-21(22)26/h5-12,15H,4,13-14H2,1-3H3,(H,27,31). The molecule has 0 saturated heterocycles. The second-order valence-corrected chi connectivity index (χ2v) is 7.95. The minimum Gasteiger partial charge on any atom is -0.494 e. The maximum Gasteiger partial charge on any atom is 0.252 e. The van der Waals surface area contributed by atoms with E-state index < -0.39 is 0 Å². The van der Waals surface area contributed by atoms with Gasteiger partial charge in [-0.05, 0) is 63.1 Å². The number of carbonyl (C=O) groups excluding carboxylic acids is 1. The van der Waals surface area contributed by atoms with Crippen molar-refractivity contribution in [1.29, 1.82) is 0 Å². The van der Waals surface area contributed by atoms with Gasteiger partial charge >= 0.3 is 0 Å². The van der Waals surface area contributed by atoms with E-state index in [-0.39, 0.29) is 5.91 Å². The van der Waals surface area contributed by atoms with Crippen LogP contribution in [0.15, 0.2) is 54.6 Å². The number of aromatic nitrogens is 3. The number of hydrogen-bond donors (Lipinski definition) is 1. The summed E-state index contributed by atoms with van der Waals surface area (Å²) in [6.07, 6.45) is 0.725. The van der Waals surface area contributed by atoms with Crippen molar-refractivity contribution < 1.29 is 9.53 Å². The second-order valence-electron chi connectivity index (χ2n) is 7.54. The van der Waals surface area contributed by atoms with Crippen LogP contribution < -0.4 is 10.1 Å². The molecule has 2 heterocycles. The van der Waals surface area contributed by atoms with Crippen molar-refractivity contribution in [1.82, 2.24) is 20.1 Å². The van der Waals surface area contributed by atoms with Gasteiger partial charge in [0.05, 0.1) is 34.0 Å². The van der Waals surface area contributed by atoms with Crippen LogP contribution in [-0.4, -0.2) is 33.8 Å². The lowest BCUT2D eigenvalue weighted by Gasteiger charge is -2.09. The maximum absolute atomic E-state index is 13.1. The predicted octanol–water partition coefficient (Wildman–Crippen LogP) is 5.06. The lowest BCUT2D eigenvalue weighted by atomic mass is 10.1. The topological polar surface area (TPSA) is 69.0 Å². The number of benzene rings is 2. The SMILES string of the molecule is CCOc1ccc(CCNC(=O)c2cc(C)nc3c2c(C)nn3-c2ccccc2Cl)cc1. The number of aryl methyl sites for hydroxylation is 2. The first kappa shape index (κ1) is 21.8. The third-order valence-corrected chi connectivity index (χ3v) is 5.52. The fraction of sp³-hybridized carbons (Fsp3) is 0.240. The lowest BCUT2D eigenvalue weighted by molar-refractivity contribution is 0.0955. The number of nitrogens with one attached hydrogen (secondary N) is 1. The van der Waals surface area contributed by atoms with Crippen LogP contribution >= 0.6 is 11.6 Å². The predicted molar refractivity (Wildman–Crippen MR) is 127 cm³/mol. The minimum absolute atomic E-state index is 0.145. The quantitative estimate of drug-likeness (QED) is 0.429. The highest BCUT2D eigenvalue weighted by atomic mass is 35.5. The molecule has 0 spiro atoms. The Bertz CT molecular complexity index is 1270. The van der Waals surface area contributed by atoms with Gasteiger partial charge in [0.2, 0.25) is 0 Å². The van der Waals surface area contributed by atoms with E-state index in [1.807, 2.05) is 69.3 Å². The van der Waals surface area contributed by atoms with Crippen LogP contribution in [0.5, 0.6) is 5.75 Å². The summed E-state index contributed by atoms with van der Waals surface area (Å²) in [6, 6.07) is 17.2. The average molecular weight is 449 g/mol. The normalized spacial score (nSPS) is 11.0. The third-order valence-electron chi connectivity index (χ3n) is 5.20. The highest BCUT2D eigenvalue weighted by Crippen LogP contribution is 2.28. The highest BCUT2D eigenvalue weighted by molar-refractivity contribution is 6.32. The third kappa shape index (κ3) is 4.46. The minimum atomic E-state index is -0.145. The molecule has 164 valence electrons. The Hall–Kier alpha value is -3.38. The number of pyridine rings is 1. The first-order valence-corrected chi connectivity index (χ1v) is 11.0. The van der Waals surface area contributed by atoms with E-state index in [1.165, 1.54) is 0 Å². The molecule has 32 heavy (non-hydrogen) atoms. The number of ether oxygens (including phenoxy) is 1. The zero-order valence-electron chi connectivity index (χ0n) is 18.4. The molecule has 7 heteroatoms. The van der Waals surface area contributed by atoms with Gasteiger partial charge in [-0.15, -0.1) is 0 Å². The first-order valence-electron chi connectivity index (χ1n) is 10.6. The largest absolute Gasteiger partial charge is 0.494 e. The monoisotopic (exact) mass is 448 g/mol. The Balaban J connectivity index is 1.57. The molecular formula is C25H25ClN4O2. The van der Waals surface area contributed by atoms with Crippen LogP contribution in [0.2, 0.25) is 5.02 Å². The van der Waals surface area contributed by atoms with Crippen molar-refractivity contribution >= 4 is 28.5 Å². The highest BCUT2D eigenvalue weighted by Gasteiger charge is 2.20. The molecule has 1 amide bonds. The fourth-order valence-electron chi connectivity index (χ4n) is 3.72. The van der Waals surface area contributed by atoms with Gasteiger partial charge in [-0.2, -0.15) is 5.10 Å². The van der Waals surface area contributed by atoms with Gasteiger partial charge in [0.25, 0.3) is 5.91 Å². The molecule has 0 atom stereocenters. The lowest BCUT2D eigenvalue weighted by Crippen LogP contribution is -2.26. The molecule has 0 aliphatic carbocycles. The molecule has 0 unspecified atom stereocenters. The number of amides is 1. The van der Waals surface area contributed by atoms with Crippen molar-refractivity contribution in [3.05, 3.63) is 82.1 Å². The number of para-hydroxylation sites is 1. The van der Waals surface area contributed by atoms with Crippen molar-refractivity contribution in [3.63, 3.8) is 0 Å². The van der Waals surface area contributed by atoms with E-state index in [2.05, 4.69) is 15.4 Å². The summed E-state index contributed by atoms with van der Waals surface area (Å²) in [5.74, 6) is 0.703. The van der Waals surface area contributed by atoms with E-state index in [9.17, 15) is 4.79 Å². The Morgan fingerprint density at radius 2 is 1.88 bits per heavy atom. The Labute approximate surface area is 192 Å². The van der Waals surface area contributed by atoms with Gasteiger partial charge in [0, 0.05) is 12.2 Å². The van der Waals surface area contributed by atoms with Crippen molar-refractivity contribution in [2.75, 3.05) is 13.2 Å². The van der Waals surface area contributed by atoms with Gasteiger partial charge in [-0.3, -0.25) is 4.79 Å². The van der Waals surface area contributed by atoms with Gasteiger partial charge in [-0.25, -0.2) is 9.67 Å². The molecule has 0 radical (unpaired) electrons. The zero-order chi connectivity index (χ0) is 22.7. The summed E-state index contributed by atoms with van der Waals surface area (Å²) in [7, 11) is 0. The summed E-state index contributed by atoms with van der Waals surface area (Å²) >= 11 is 6.39. The van der Waals surface area contributed by atoms with Gasteiger partial charge in [-0.1, -0.05) is 35.9 Å². The first-order chi connectivity index (χ1) is 15.5. The molecule has 0 saturated carbocycles. The Morgan fingerprint density at radius 3 is 2.59 bits per heavy atom. The van der Waals surface area contributed by atoms with Gasteiger partial charge < -0.3 is 10.1 Å². The Kier molecular flexibility index (Phi) is 6.42. The second kappa shape index (κ2) is 9.40. The van der Waals surface area contributed by atoms with Crippen LogP contribution in [0, 0.1) is 13.8 Å². The van der Waals surface area contributed by atoms with Crippen LogP contribution in [0.4, 0.5) is 0 Å². The van der Waals surface area contributed by atoms with E-state index in [0.29, 0.717) is 29.4 Å². The van der Waals surface area contributed by atoms with E-state index in [1.54, 1.807) is 10.7 Å². The van der Waals surface area contributed by atoms with E-state index >= 15 is 0 Å². The molecule has 0 fully saturated rings. The van der Waals surface area contributed by atoms with E-state index in [4.69, 9.17) is 16.3 Å². The summed E-state index contributed by atoms with van der Waals surface area (Å²) in [6.45, 7) is 6.87. The molecule has 6 nitrogen and oxygen atoms in total. The number of hydrogen-bond acceptors (Lipinski definition) is 4. The molecule has 4 rings (SSSR count). The summed E-state index contributed by atoms with van der Waals surface area (Å²) in [4.78, 5) is 17.7. The number of nitrogens with zero attached hydrogens (tertiary/aromatic N) is 3. The molecule has 2 aromatic heterocycles. The molecule has 4 aromatic rings. The van der Waals surface area contributed by atoms with Crippen LogP contribution in [0.3, 0.4) is 0 Å². The number of halogens is 1. The Morgan fingerprint density at radius 1 is 1.12 bits per heavy atom. The summed E-state index contributed by atoms with van der Waals surface area (Å²) in [5.41, 5.74) is 4.51. The fourth-order valence-corrected chi connectivity index (χ4v) is 3.93. The number of rotatable bonds is 7. The molecule has 0 bridgehead atoms. The molecular weight excluding hydrogens is 424 g/mol. The molecule has 0 aliphatic rings. The summed E-state index contributed by atoms with van der Waals surface area (Å²) in [5, 5.41) is 8.97. The average Bonchev–Trinajstić information content (AvgIpc) is 3.10.